The van der Waals surface area contributed by atoms with Gasteiger partial charge in [-0.1, -0.05) is 0 Å². The predicted molar refractivity (Wildman–Crippen MR) is 315 cm³/mol. The summed E-state index contributed by atoms with van der Waals surface area (Å²) in [5, 5.41) is 8.05. The molecule has 5 aromatic rings. The van der Waals surface area contributed by atoms with Gasteiger partial charge in [-0.15, -0.1) is 0 Å². The van der Waals surface area contributed by atoms with Crippen LogP contribution in [0.1, 0.15) is 74.6 Å². The summed E-state index contributed by atoms with van der Waals surface area (Å²) < 4.78 is 305. The van der Waals surface area contributed by atoms with Gasteiger partial charge in [0.2, 0.25) is 11.0 Å². The van der Waals surface area contributed by atoms with Crippen LogP contribution in [-0.2, 0) is 33.2 Å². The molecule has 0 spiro atoms. The van der Waals surface area contributed by atoms with Crippen LogP contribution in [0.4, 0.5) is 10.7 Å². The Balaban J connectivity index is 1.48. The molecular formula is C56H78IN5O19P+. The molecule has 0 aliphatic carbocycles. The van der Waals surface area contributed by atoms with E-state index in [9.17, 15) is 14.4 Å². The number of nitrogens with one attached hydrogen (secondary N) is 3. The number of urea groups is 1. The van der Waals surface area contributed by atoms with E-state index >= 15 is 0 Å². The van der Waals surface area contributed by atoms with E-state index in [4.69, 9.17) is 113 Å². The van der Waals surface area contributed by atoms with Gasteiger partial charge in [0.05, 0.1) is 32.8 Å². The van der Waals surface area contributed by atoms with Crippen LogP contribution in [-0.4, -0.2) is 177 Å². The zero-order chi connectivity index (χ0) is 82.2. The molecule has 0 fully saturated rings. The van der Waals surface area contributed by atoms with Crippen molar-refractivity contribution in [1.29, 1.82) is 0 Å². The van der Waals surface area contributed by atoms with Crippen molar-refractivity contribution in [1.82, 2.24) is 15.9 Å². The van der Waals surface area contributed by atoms with Crippen LogP contribution in [0.3, 0.4) is 0 Å². The van der Waals surface area contributed by atoms with Gasteiger partial charge in [0.25, 0.3) is 12.1 Å². The quantitative estimate of drug-likeness (QED) is 0.0146. The second kappa shape index (κ2) is 32.3. The summed E-state index contributed by atoms with van der Waals surface area (Å²) in [6.07, 6.45) is 0.220. The number of hydrogen-bond acceptors (Lipinski definition) is 20. The van der Waals surface area contributed by atoms with Crippen LogP contribution in [0.2, 0.25) is 0 Å². The molecule has 3 N–H and O–H groups in total. The first kappa shape index (κ1) is 36.9. The predicted octanol–water partition coefficient (Wildman–Crippen LogP) is 5.57. The van der Waals surface area contributed by atoms with Crippen LogP contribution in [0.15, 0.2) is 71.4 Å². The van der Waals surface area contributed by atoms with Gasteiger partial charge in [-0.3, -0.25) is 19.4 Å². The van der Waals surface area contributed by atoms with Crippen LogP contribution in [0, 0.1) is 0 Å². The van der Waals surface area contributed by atoms with E-state index < -0.39 is 173 Å². The Morgan fingerprint density at radius 2 is 0.963 bits per heavy atom. The summed E-state index contributed by atoms with van der Waals surface area (Å²) in [5.74, 6) is -11.9. The van der Waals surface area contributed by atoms with E-state index in [0.29, 0.717) is 47.6 Å². The number of nitrogens with zero attached hydrogens (tertiary/aromatic N) is 2. The number of rotatable bonds is 36. The number of methoxy groups -OCH3 is 9. The van der Waals surface area contributed by atoms with Gasteiger partial charge in [-0.25, -0.2) is 4.79 Å². The fraction of sp³-hybridized carbons (Fsp3) is 0.482. The molecule has 0 aliphatic heterocycles. The summed E-state index contributed by atoms with van der Waals surface area (Å²) >= 11 is 1.31. The molecule has 3 amide bonds. The van der Waals surface area contributed by atoms with Crippen LogP contribution >= 0.6 is 26.3 Å². The van der Waals surface area contributed by atoms with Gasteiger partial charge in [0.1, 0.15) is 5.60 Å². The monoisotopic (exact) mass is 1310 g/mol. The molecular weight excluding hydrogens is 1200 g/mol. The van der Waals surface area contributed by atoms with Gasteiger partial charge < -0.3 is 19.5 Å². The van der Waals surface area contributed by atoms with E-state index in [-0.39, 0.29) is 83.5 Å². The molecule has 0 bridgehead atoms. The zero-order valence-electron chi connectivity index (χ0n) is 71.2. The third-order valence-corrected chi connectivity index (χ3v) is 22.2. The second-order valence-corrected chi connectivity index (χ2v) is 28.3. The average Bonchev–Trinajstić information content (AvgIpc) is 0.860. The van der Waals surface area contributed by atoms with Crippen molar-refractivity contribution in [2.45, 2.75) is 32.8 Å². The van der Waals surface area contributed by atoms with E-state index in [1.807, 2.05) is 0 Å². The Morgan fingerprint density at radius 1 is 0.561 bits per heavy atom. The minimum atomic E-state index is -6.90. The molecule has 4 aromatic carbocycles. The van der Waals surface area contributed by atoms with Gasteiger partial charge in [0, 0.05) is 24.2 Å². The third-order valence-electron chi connectivity index (χ3n) is 11.3. The maximum absolute atomic E-state index is 12.8. The van der Waals surface area contributed by atoms with E-state index in [1.54, 1.807) is 32.9 Å². The number of benzene rings is 4. The fourth-order valence-corrected chi connectivity index (χ4v) is 18.0. The number of carbonyl (C=O) groups excluding carboxylic acids is 3. The standard InChI is InChI=1S/C56H77IN5O19P/c1-56(2,3)80-50(63)17-20-75-23-24-76-21-18-58-54(64)38-13-15-39(16-14-38)62-37-49(81-61-62)60-55(65)59-19-22-77-25-26-78-27-28-79-29-30-82(57,51-43(69-7)31-40(66-4)32-44(51)70-8,52-45(71-9)33-41(67-5)34-46(52)72-10)53-47(73-11)35-42(68-6)36-48(53)74-12/h13-16,31-37H,17-30H2,1-12H3,(H2-,58,59,60,61,64,65)/p+1/i4D3,5D3,6D3,7D3,8D3,9D3,10D3,11D3,12D3. The number of amides is 3. The summed E-state index contributed by atoms with van der Waals surface area (Å²) in [5.41, 5.74) is 0.183. The number of aromatic nitrogens is 2. The maximum atomic E-state index is 12.8. The average molecular weight is 1310 g/mol. The van der Waals surface area contributed by atoms with Crippen molar-refractivity contribution >= 4 is 66.0 Å². The SMILES string of the molecule is [2H]C([2H])([2H])Oc1cc(OC([2H])([2H])[2H])c(P(I)(CCOCCOCCOCCNC(=O)Nc2c[n+](-c3ccc(C(=O)NCCOCCOCCC(=O)OC(C)(C)C)cc3)no2)(c2c(OC([2H])([2H])[2H])cc(OC([2H])([2H])[2H])cc2OC([2H])([2H])[2H])c2c(OC([2H])([2H])[2H])cc(OC([2H])([2H])[2H])cc2OC([2H])([2H])[2H])c(OC([2H])([2H])[2H])c1. The molecule has 0 aliphatic rings. The number of ether oxygens (including phenoxy) is 15. The molecule has 26 heteroatoms. The van der Waals surface area contributed by atoms with Gasteiger partial charge in [-0.05, 0) is 37.6 Å². The van der Waals surface area contributed by atoms with Crippen molar-refractivity contribution in [3.8, 4) is 57.4 Å². The van der Waals surface area contributed by atoms with E-state index in [0.717, 1.165) is 0 Å². The summed E-state index contributed by atoms with van der Waals surface area (Å²) in [4.78, 5) is 37.3. The Bertz CT molecular complexity index is 3490. The third kappa shape index (κ3) is 17.5. The molecule has 0 saturated heterocycles. The molecule has 82 heavy (non-hydrogen) atoms. The van der Waals surface area contributed by atoms with Gasteiger partial charge in [0.15, 0.2) is 0 Å². The molecule has 5 rings (SSSR count). The van der Waals surface area contributed by atoms with Gasteiger partial charge >= 0.3 is 363 Å². The Kier molecular flexibility index (Phi) is 14.5. The molecule has 452 valence electrons. The molecule has 24 nitrogen and oxygen atoms in total. The van der Waals surface area contributed by atoms with E-state index in [1.165, 1.54) is 45.1 Å². The van der Waals surface area contributed by atoms with Crippen LogP contribution < -0.4 is 79.2 Å². The first-order valence-corrected chi connectivity index (χ1v) is 29.4. The molecule has 1 aromatic heterocycles. The van der Waals surface area contributed by atoms with Crippen molar-refractivity contribution in [3.63, 3.8) is 0 Å². The Labute approximate surface area is 529 Å². The Morgan fingerprint density at radius 3 is 1.39 bits per heavy atom. The van der Waals surface area contributed by atoms with Crippen molar-refractivity contribution < 1.29 is 132 Å². The minimum absolute atomic E-state index is 0.0822. The summed E-state index contributed by atoms with van der Waals surface area (Å²) in [7, 11) is -33.6. The normalized spacial score (nSPS) is 18.1. The zero-order valence-corrected chi connectivity index (χ0v) is 47.3. The summed E-state index contributed by atoms with van der Waals surface area (Å²) in [6, 6.07) is 8.34. The van der Waals surface area contributed by atoms with Gasteiger partial charge in [-0.2, -0.15) is 0 Å². The molecule has 0 saturated carbocycles. The van der Waals surface area contributed by atoms with Crippen molar-refractivity contribution in [2.75, 3.05) is 154 Å². The fourth-order valence-electron chi connectivity index (χ4n) is 7.94. The number of halogens is 1. The van der Waals surface area contributed by atoms with Crippen LogP contribution in [0.25, 0.3) is 5.69 Å². The summed E-state index contributed by atoms with van der Waals surface area (Å²) in [6.45, 7) is 3.83. The van der Waals surface area contributed by atoms with Crippen molar-refractivity contribution in [2.24, 2.45) is 0 Å². The Hall–Kier alpha value is -6.61. The topological polar surface area (TPSA) is 256 Å². The molecule has 1 heterocycles. The molecule has 0 unspecified atom stereocenters. The number of anilines is 1. The number of carbonyl (C=O) groups is 3. The van der Waals surface area contributed by atoms with E-state index in [2.05, 4.69) is 21.2 Å². The van der Waals surface area contributed by atoms with Crippen LogP contribution in [0.5, 0.6) is 51.7 Å². The number of esters is 1. The molecule has 0 radical (unpaired) electrons. The molecule has 0 atom stereocenters. The second-order valence-electron chi connectivity index (χ2n) is 17.7. The number of hydrogen-bond donors (Lipinski definition) is 3. The first-order valence-electron chi connectivity index (χ1n) is 37.7. The van der Waals surface area contributed by atoms with Crippen molar-refractivity contribution in [3.05, 3.63) is 72.4 Å². The first-order chi connectivity index (χ1) is 49.8.